The van der Waals surface area contributed by atoms with E-state index in [9.17, 15) is 0 Å². The maximum absolute atomic E-state index is 4.93. The van der Waals surface area contributed by atoms with Crippen molar-refractivity contribution in [1.29, 1.82) is 0 Å². The van der Waals surface area contributed by atoms with Gasteiger partial charge in [-0.2, -0.15) is 0 Å². The average Bonchev–Trinajstić information content (AvgIpc) is 3.32. The number of hydrogen-bond donors (Lipinski definition) is 1. The lowest BCUT2D eigenvalue weighted by molar-refractivity contribution is 0.436. The normalized spacial score (nSPS) is 19.9. The van der Waals surface area contributed by atoms with E-state index in [2.05, 4.69) is 31.0 Å². The minimum atomic E-state index is 0.607. The Hall–Kier alpha value is -1.32. The number of anilines is 2. The predicted octanol–water partition coefficient (Wildman–Crippen LogP) is 3.72. The van der Waals surface area contributed by atoms with Gasteiger partial charge in [0.15, 0.2) is 0 Å². The van der Waals surface area contributed by atoms with E-state index in [0.717, 1.165) is 43.6 Å². The van der Waals surface area contributed by atoms with Gasteiger partial charge in [-0.25, -0.2) is 9.97 Å². The molecule has 116 valence electrons. The molecule has 1 saturated heterocycles. The quantitative estimate of drug-likeness (QED) is 0.896. The van der Waals surface area contributed by atoms with Crippen LogP contribution in [0.25, 0.3) is 0 Å². The summed E-state index contributed by atoms with van der Waals surface area (Å²) in [6.45, 7) is 9.97. The Morgan fingerprint density at radius 1 is 1.14 bits per heavy atom. The summed E-state index contributed by atoms with van der Waals surface area (Å²) >= 11 is 0. The molecule has 4 nitrogen and oxygen atoms in total. The van der Waals surface area contributed by atoms with E-state index in [1.54, 1.807) is 0 Å². The highest BCUT2D eigenvalue weighted by atomic mass is 15.2. The summed E-state index contributed by atoms with van der Waals surface area (Å²) in [7, 11) is 0. The molecule has 1 N–H and O–H groups in total. The lowest BCUT2D eigenvalue weighted by Gasteiger charge is -2.32. The first-order valence-electron chi connectivity index (χ1n) is 8.56. The largest absolute Gasteiger partial charge is 0.370 e. The molecule has 2 aliphatic rings. The molecule has 0 atom stereocenters. The van der Waals surface area contributed by atoms with E-state index in [0.29, 0.717) is 5.92 Å². The summed E-state index contributed by atoms with van der Waals surface area (Å²) in [5.41, 5.74) is 1.22. The topological polar surface area (TPSA) is 41.1 Å². The minimum Gasteiger partial charge on any atom is -0.370 e. The smallest absolute Gasteiger partial charge is 0.137 e. The average molecular weight is 288 g/mol. The fourth-order valence-corrected chi connectivity index (χ4v) is 2.99. The molecule has 3 rings (SSSR count). The molecule has 2 heterocycles. The Morgan fingerprint density at radius 2 is 1.86 bits per heavy atom. The van der Waals surface area contributed by atoms with Gasteiger partial charge in [-0.05, 0) is 44.9 Å². The monoisotopic (exact) mass is 288 g/mol. The van der Waals surface area contributed by atoms with Crippen molar-refractivity contribution in [2.75, 3.05) is 29.9 Å². The predicted molar refractivity (Wildman–Crippen MR) is 88.1 cm³/mol. The summed E-state index contributed by atoms with van der Waals surface area (Å²) in [6, 6.07) is 0. The number of nitrogens with zero attached hydrogens (tertiary/aromatic N) is 3. The first kappa shape index (κ1) is 14.6. The van der Waals surface area contributed by atoms with Crippen molar-refractivity contribution in [1.82, 2.24) is 9.97 Å². The zero-order chi connectivity index (χ0) is 14.8. The summed E-state index contributed by atoms with van der Waals surface area (Å²) in [4.78, 5) is 12.2. The maximum atomic E-state index is 4.93. The molecular weight excluding hydrogens is 260 g/mol. The van der Waals surface area contributed by atoms with Crippen molar-refractivity contribution in [3.05, 3.63) is 11.4 Å². The first-order chi connectivity index (χ1) is 10.2. The fraction of sp³-hybridized carbons (Fsp3) is 0.765. The van der Waals surface area contributed by atoms with Crippen LogP contribution in [0.3, 0.4) is 0 Å². The van der Waals surface area contributed by atoms with E-state index < -0.39 is 0 Å². The first-order valence-corrected chi connectivity index (χ1v) is 8.56. The van der Waals surface area contributed by atoms with Crippen molar-refractivity contribution in [2.24, 2.45) is 5.92 Å². The van der Waals surface area contributed by atoms with Crippen molar-refractivity contribution in [3.63, 3.8) is 0 Å². The number of piperidine rings is 1. The highest BCUT2D eigenvalue weighted by molar-refractivity contribution is 5.59. The van der Waals surface area contributed by atoms with E-state index in [1.807, 2.05) is 0 Å². The zero-order valence-corrected chi connectivity index (χ0v) is 13.7. The van der Waals surface area contributed by atoms with Crippen LogP contribution in [0.4, 0.5) is 11.6 Å². The third-order valence-electron chi connectivity index (χ3n) is 4.71. The molecule has 0 aromatic carbocycles. The van der Waals surface area contributed by atoms with Crippen LogP contribution in [0.2, 0.25) is 0 Å². The maximum Gasteiger partial charge on any atom is 0.137 e. The van der Waals surface area contributed by atoms with Crippen molar-refractivity contribution in [2.45, 2.75) is 58.8 Å². The third-order valence-corrected chi connectivity index (χ3v) is 4.71. The molecular formula is C17H28N4. The van der Waals surface area contributed by atoms with Crippen LogP contribution < -0.4 is 10.2 Å². The lowest BCUT2D eigenvalue weighted by atomic mass is 9.99. The molecule has 0 radical (unpaired) electrons. The molecule has 1 aromatic rings. The highest BCUT2D eigenvalue weighted by Crippen LogP contribution is 2.40. The van der Waals surface area contributed by atoms with Gasteiger partial charge >= 0.3 is 0 Å². The van der Waals surface area contributed by atoms with E-state index in [1.165, 1.54) is 37.1 Å². The Morgan fingerprint density at radius 3 is 2.48 bits per heavy atom. The minimum absolute atomic E-state index is 0.607. The molecule has 21 heavy (non-hydrogen) atoms. The zero-order valence-electron chi connectivity index (χ0n) is 13.7. The van der Waals surface area contributed by atoms with Crippen molar-refractivity contribution < 1.29 is 0 Å². The summed E-state index contributed by atoms with van der Waals surface area (Å²) in [5.74, 6) is 4.76. The van der Waals surface area contributed by atoms with Gasteiger partial charge in [0.05, 0.1) is 0 Å². The van der Waals surface area contributed by atoms with E-state index >= 15 is 0 Å². The fourth-order valence-electron chi connectivity index (χ4n) is 2.99. The van der Waals surface area contributed by atoms with Gasteiger partial charge in [0, 0.05) is 31.1 Å². The number of aromatic nitrogens is 2. The van der Waals surface area contributed by atoms with Crippen molar-refractivity contribution in [3.8, 4) is 0 Å². The van der Waals surface area contributed by atoms with E-state index in [4.69, 9.17) is 9.97 Å². The molecule has 1 aliphatic heterocycles. The summed E-state index contributed by atoms with van der Waals surface area (Å²) in [5, 5.41) is 3.50. The van der Waals surface area contributed by atoms with Crippen LogP contribution in [0, 0.1) is 12.8 Å². The van der Waals surface area contributed by atoms with Crippen molar-refractivity contribution >= 4 is 11.6 Å². The molecule has 1 aliphatic carbocycles. The molecule has 2 fully saturated rings. The molecule has 0 spiro atoms. The molecule has 4 heteroatoms. The van der Waals surface area contributed by atoms with Crippen LogP contribution in [-0.2, 0) is 0 Å². The Balaban J connectivity index is 1.88. The van der Waals surface area contributed by atoms with Crippen LogP contribution in [0.5, 0.6) is 0 Å². The second kappa shape index (κ2) is 6.20. The van der Waals surface area contributed by atoms with Gasteiger partial charge in [0.1, 0.15) is 17.5 Å². The highest BCUT2D eigenvalue weighted by Gasteiger charge is 2.29. The molecule has 1 saturated carbocycles. The second-order valence-electron chi connectivity index (χ2n) is 6.75. The standard InChI is InChI=1S/C17H28N4/c1-4-9-18-15-13(3)17(20-16(19-15)14-5-6-14)21-10-7-12(2)8-11-21/h12,14H,4-11H2,1-3H3,(H,18,19,20). The van der Waals surface area contributed by atoms with Crippen LogP contribution in [-0.4, -0.2) is 29.6 Å². The van der Waals surface area contributed by atoms with E-state index in [-0.39, 0.29) is 0 Å². The Kier molecular flexibility index (Phi) is 4.32. The SMILES string of the molecule is CCCNc1nc(C2CC2)nc(N2CCC(C)CC2)c1C. The Labute approximate surface area is 128 Å². The summed E-state index contributed by atoms with van der Waals surface area (Å²) < 4.78 is 0. The molecule has 0 unspecified atom stereocenters. The van der Waals surface area contributed by atoms with Gasteiger partial charge in [-0.3, -0.25) is 0 Å². The number of nitrogens with one attached hydrogen (secondary N) is 1. The van der Waals surface area contributed by atoms with Gasteiger partial charge < -0.3 is 10.2 Å². The second-order valence-corrected chi connectivity index (χ2v) is 6.75. The van der Waals surface area contributed by atoms with Crippen LogP contribution >= 0.6 is 0 Å². The van der Waals surface area contributed by atoms with Gasteiger partial charge in [0.25, 0.3) is 0 Å². The Bertz CT molecular complexity index is 488. The van der Waals surface area contributed by atoms with Crippen LogP contribution in [0.15, 0.2) is 0 Å². The number of rotatable bonds is 5. The molecule has 1 aromatic heterocycles. The number of hydrogen-bond acceptors (Lipinski definition) is 4. The molecule has 0 amide bonds. The lowest BCUT2D eigenvalue weighted by Crippen LogP contribution is -2.34. The summed E-state index contributed by atoms with van der Waals surface area (Å²) in [6.07, 6.45) is 6.19. The molecule has 0 bridgehead atoms. The third kappa shape index (κ3) is 3.30. The van der Waals surface area contributed by atoms with Gasteiger partial charge in [-0.1, -0.05) is 13.8 Å². The van der Waals surface area contributed by atoms with Crippen LogP contribution in [0.1, 0.15) is 63.3 Å². The van der Waals surface area contributed by atoms with Gasteiger partial charge in [-0.15, -0.1) is 0 Å². The van der Waals surface area contributed by atoms with Gasteiger partial charge in [0.2, 0.25) is 0 Å².